The minimum atomic E-state index is -1.42. The minimum Gasteiger partial charge on any atom is -0.481 e. The maximum absolute atomic E-state index is 12.7. The van der Waals surface area contributed by atoms with E-state index in [-0.39, 0.29) is 12.2 Å². The Morgan fingerprint density at radius 2 is 1.44 bits per heavy atom. The van der Waals surface area contributed by atoms with Crippen LogP contribution in [0.15, 0.2) is 48.5 Å². The fraction of sp³-hybridized carbons (Fsp3) is 0.320. The number of rotatable bonds is 12. The largest absolute Gasteiger partial charge is 0.481 e. The van der Waals surface area contributed by atoms with Gasteiger partial charge in [-0.25, -0.2) is 4.79 Å². The van der Waals surface area contributed by atoms with Crippen LogP contribution in [0.4, 0.5) is 0 Å². The first-order valence-electron chi connectivity index (χ1n) is 11.0. The molecule has 0 aliphatic heterocycles. The van der Waals surface area contributed by atoms with Crippen LogP contribution in [0.3, 0.4) is 0 Å². The van der Waals surface area contributed by atoms with Crippen molar-refractivity contribution in [1.82, 2.24) is 10.6 Å². The third-order valence-electron chi connectivity index (χ3n) is 5.15. The van der Waals surface area contributed by atoms with Gasteiger partial charge in [0, 0.05) is 22.6 Å². The van der Waals surface area contributed by atoms with Gasteiger partial charge in [0.1, 0.15) is 17.8 Å². The number of carboxylic acid groups (broad SMARTS) is 2. The van der Waals surface area contributed by atoms with Crippen molar-refractivity contribution in [2.75, 3.05) is 0 Å². The average molecular weight is 519 g/mol. The van der Waals surface area contributed by atoms with Gasteiger partial charge in [0.05, 0.1) is 0 Å². The number of hydrogen-bond donors (Lipinski definition) is 4. The van der Waals surface area contributed by atoms with E-state index >= 15 is 0 Å². The van der Waals surface area contributed by atoms with Crippen molar-refractivity contribution >= 4 is 41.1 Å². The van der Waals surface area contributed by atoms with Crippen LogP contribution in [0.2, 0.25) is 5.02 Å². The van der Waals surface area contributed by atoms with Gasteiger partial charge in [-0.05, 0) is 75.7 Å². The molecule has 4 N–H and O–H groups in total. The zero-order chi connectivity index (χ0) is 27.0. The molecule has 0 heterocycles. The molecule has 2 amide bonds. The molecule has 36 heavy (non-hydrogen) atoms. The van der Waals surface area contributed by atoms with Gasteiger partial charge in [-0.3, -0.25) is 19.2 Å². The number of ether oxygens (including phenoxy) is 1. The molecule has 0 aliphatic rings. The van der Waals surface area contributed by atoms with Gasteiger partial charge in [-0.2, -0.15) is 0 Å². The number of amides is 2. The quantitative estimate of drug-likeness (QED) is 0.312. The molecule has 2 aromatic carbocycles. The summed E-state index contributed by atoms with van der Waals surface area (Å²) in [7, 11) is 0. The Balaban J connectivity index is 1.98. The van der Waals surface area contributed by atoms with Crippen LogP contribution in [0.1, 0.15) is 49.5 Å². The third-order valence-corrected chi connectivity index (χ3v) is 5.40. The molecule has 0 saturated heterocycles. The fourth-order valence-corrected chi connectivity index (χ4v) is 3.17. The maximum atomic E-state index is 12.7. The molecule has 0 unspecified atom stereocenters. The van der Waals surface area contributed by atoms with Crippen molar-refractivity contribution in [1.29, 1.82) is 0 Å². The number of benzene rings is 2. The van der Waals surface area contributed by atoms with Gasteiger partial charge in [-0.1, -0.05) is 11.6 Å². The van der Waals surface area contributed by atoms with E-state index < -0.39 is 47.9 Å². The summed E-state index contributed by atoms with van der Waals surface area (Å²) in [4.78, 5) is 59.6. The number of halogens is 1. The number of hydrogen-bond acceptors (Lipinski definition) is 6. The lowest BCUT2D eigenvalue weighted by Crippen LogP contribution is -2.55. The monoisotopic (exact) mass is 518 g/mol. The van der Waals surface area contributed by atoms with Crippen LogP contribution in [0, 0.1) is 0 Å². The minimum absolute atomic E-state index is 0.210. The van der Waals surface area contributed by atoms with Crippen LogP contribution in [-0.4, -0.2) is 57.4 Å². The summed E-state index contributed by atoms with van der Waals surface area (Å²) in [5.74, 6) is -3.92. The van der Waals surface area contributed by atoms with E-state index in [1.807, 2.05) is 0 Å². The van der Waals surface area contributed by atoms with Gasteiger partial charge < -0.3 is 25.6 Å². The van der Waals surface area contributed by atoms with E-state index in [9.17, 15) is 29.1 Å². The normalized spacial score (nSPS) is 12.7. The van der Waals surface area contributed by atoms with E-state index in [0.717, 1.165) is 0 Å². The molecule has 2 aromatic rings. The van der Waals surface area contributed by atoms with Gasteiger partial charge in [0.15, 0.2) is 11.4 Å². The molecule has 0 radical (unpaired) electrons. The zero-order valence-corrected chi connectivity index (χ0v) is 20.7. The Morgan fingerprint density at radius 1 is 0.917 bits per heavy atom. The average Bonchev–Trinajstić information content (AvgIpc) is 2.81. The van der Waals surface area contributed by atoms with E-state index in [4.69, 9.17) is 21.4 Å². The SMILES string of the molecule is C[C@H](NC(=O)C(C)(C)Oc1ccc(C(=O)c2ccc(Cl)cc2)cc1)C(=O)N[C@@H](CCC(=O)O)C(=O)O. The lowest BCUT2D eigenvalue weighted by Gasteiger charge is -2.27. The first-order valence-corrected chi connectivity index (χ1v) is 11.3. The summed E-state index contributed by atoms with van der Waals surface area (Å²) >= 11 is 5.85. The predicted octanol–water partition coefficient (Wildman–Crippen LogP) is 2.67. The van der Waals surface area contributed by atoms with Crippen molar-refractivity contribution in [3.05, 3.63) is 64.7 Å². The summed E-state index contributed by atoms with van der Waals surface area (Å²) in [6.45, 7) is 4.32. The van der Waals surface area contributed by atoms with Crippen LogP contribution in [0.5, 0.6) is 5.75 Å². The summed E-state index contributed by atoms with van der Waals surface area (Å²) in [6.07, 6.45) is -0.745. The first kappa shape index (κ1) is 28.3. The van der Waals surface area contributed by atoms with Gasteiger partial charge in [-0.15, -0.1) is 0 Å². The molecule has 0 saturated carbocycles. The first-order chi connectivity index (χ1) is 16.8. The van der Waals surface area contributed by atoms with Gasteiger partial charge in [0.2, 0.25) is 5.91 Å². The smallest absolute Gasteiger partial charge is 0.326 e. The molecule has 0 fully saturated rings. The molecule has 0 aromatic heterocycles. The van der Waals surface area contributed by atoms with Crippen molar-refractivity contribution in [3.8, 4) is 5.75 Å². The standard InChI is InChI=1S/C25H27ClN2O8/c1-14(22(32)28-19(23(33)34)12-13-20(29)30)27-24(35)25(2,3)36-18-10-6-16(7-11-18)21(31)15-4-8-17(26)9-5-15/h4-11,14,19H,12-13H2,1-3H3,(H,27,35)(H,28,32)(H,29,30)(H,33,34)/t14-,19-/m0/s1. The number of ketones is 1. The Labute approximate surface area is 212 Å². The van der Waals surface area contributed by atoms with E-state index in [1.165, 1.54) is 32.9 Å². The molecular weight excluding hydrogens is 492 g/mol. The van der Waals surface area contributed by atoms with Gasteiger partial charge in [0.25, 0.3) is 5.91 Å². The Hall–Kier alpha value is -3.92. The molecule has 0 aliphatic carbocycles. The van der Waals surface area contributed by atoms with Crippen LogP contribution < -0.4 is 15.4 Å². The highest BCUT2D eigenvalue weighted by Crippen LogP contribution is 2.21. The Morgan fingerprint density at radius 3 is 1.94 bits per heavy atom. The van der Waals surface area contributed by atoms with E-state index in [2.05, 4.69) is 10.6 Å². The molecule has 11 heteroatoms. The number of aliphatic carboxylic acids is 2. The van der Waals surface area contributed by atoms with Crippen molar-refractivity contribution < 1.29 is 38.9 Å². The highest BCUT2D eigenvalue weighted by atomic mass is 35.5. The van der Waals surface area contributed by atoms with Crippen LogP contribution in [-0.2, 0) is 19.2 Å². The number of carbonyl (C=O) groups is 5. The number of nitrogens with one attached hydrogen (secondary N) is 2. The van der Waals surface area contributed by atoms with E-state index in [1.54, 1.807) is 36.4 Å². The lowest BCUT2D eigenvalue weighted by molar-refractivity contribution is -0.143. The highest BCUT2D eigenvalue weighted by Gasteiger charge is 2.33. The lowest BCUT2D eigenvalue weighted by atomic mass is 10.0. The Bertz CT molecular complexity index is 1130. The second kappa shape index (κ2) is 12.2. The number of carbonyl (C=O) groups excluding carboxylic acids is 3. The molecule has 10 nitrogen and oxygen atoms in total. The maximum Gasteiger partial charge on any atom is 0.326 e. The van der Waals surface area contributed by atoms with Gasteiger partial charge >= 0.3 is 11.9 Å². The Kier molecular flexibility index (Phi) is 9.57. The fourth-order valence-electron chi connectivity index (χ4n) is 3.04. The molecule has 0 spiro atoms. The van der Waals surface area contributed by atoms with Crippen molar-refractivity contribution in [3.63, 3.8) is 0 Å². The molecule has 0 bridgehead atoms. The molecule has 2 rings (SSSR count). The third kappa shape index (κ3) is 8.09. The predicted molar refractivity (Wildman–Crippen MR) is 130 cm³/mol. The van der Waals surface area contributed by atoms with Crippen molar-refractivity contribution in [2.45, 2.75) is 51.3 Å². The zero-order valence-electron chi connectivity index (χ0n) is 19.9. The summed E-state index contributed by atoms with van der Waals surface area (Å²) in [6, 6.07) is 10.1. The highest BCUT2D eigenvalue weighted by molar-refractivity contribution is 6.30. The molecule has 2 atom stereocenters. The molecular formula is C25H27ClN2O8. The summed E-state index contributed by atoms with van der Waals surface area (Å²) in [5, 5.41) is 23.1. The van der Waals surface area contributed by atoms with E-state index in [0.29, 0.717) is 21.9 Å². The summed E-state index contributed by atoms with van der Waals surface area (Å²) in [5.41, 5.74) is -0.549. The second-order valence-electron chi connectivity index (χ2n) is 8.50. The molecule has 192 valence electrons. The summed E-state index contributed by atoms with van der Waals surface area (Å²) < 4.78 is 5.75. The topological polar surface area (TPSA) is 159 Å². The van der Waals surface area contributed by atoms with Crippen LogP contribution >= 0.6 is 11.6 Å². The van der Waals surface area contributed by atoms with Crippen molar-refractivity contribution in [2.24, 2.45) is 0 Å². The second-order valence-corrected chi connectivity index (χ2v) is 8.94. The van der Waals surface area contributed by atoms with Crippen LogP contribution in [0.25, 0.3) is 0 Å². The number of carboxylic acids is 2.